The summed E-state index contributed by atoms with van der Waals surface area (Å²) in [6.07, 6.45) is 1.95. The Kier molecular flexibility index (Phi) is 3.86. The highest BCUT2D eigenvalue weighted by atomic mass is 32.2. The standard InChI is InChI=1S/C14H15FN2O3S/c1-20-10-5-9(6-10)17-12-3-2-8(15)4-11(12)16-14(17)21-7-13(18)19/h2-4,9-10H,5-7H2,1H3,(H,18,19). The highest BCUT2D eigenvalue weighted by molar-refractivity contribution is 7.99. The molecule has 1 fully saturated rings. The second kappa shape index (κ2) is 5.65. The SMILES string of the molecule is COC1CC(n2c(SCC(=O)O)nc3cc(F)ccc32)C1. The van der Waals surface area contributed by atoms with Crippen LogP contribution in [0.3, 0.4) is 0 Å². The fourth-order valence-corrected chi connectivity index (χ4v) is 3.37. The van der Waals surface area contributed by atoms with Crippen molar-refractivity contribution in [2.45, 2.75) is 30.1 Å². The number of carbonyl (C=O) groups is 1. The van der Waals surface area contributed by atoms with E-state index in [-0.39, 0.29) is 23.7 Å². The summed E-state index contributed by atoms with van der Waals surface area (Å²) in [5.41, 5.74) is 1.40. The molecule has 0 aliphatic heterocycles. The molecule has 0 spiro atoms. The largest absolute Gasteiger partial charge is 0.481 e. The number of fused-ring (bicyclic) bond motifs is 1. The van der Waals surface area contributed by atoms with Gasteiger partial charge in [0.25, 0.3) is 0 Å². The van der Waals surface area contributed by atoms with Gasteiger partial charge in [0, 0.05) is 19.2 Å². The molecule has 0 bridgehead atoms. The van der Waals surface area contributed by atoms with Crippen molar-refractivity contribution in [1.82, 2.24) is 9.55 Å². The number of carboxylic acids is 1. The number of rotatable bonds is 5. The van der Waals surface area contributed by atoms with Gasteiger partial charge >= 0.3 is 5.97 Å². The van der Waals surface area contributed by atoms with Crippen molar-refractivity contribution in [3.8, 4) is 0 Å². The lowest BCUT2D eigenvalue weighted by Gasteiger charge is -2.36. The average molecular weight is 310 g/mol. The van der Waals surface area contributed by atoms with Crippen LogP contribution in [0.25, 0.3) is 11.0 Å². The maximum absolute atomic E-state index is 13.3. The number of halogens is 1. The minimum Gasteiger partial charge on any atom is -0.481 e. The van der Waals surface area contributed by atoms with E-state index < -0.39 is 5.97 Å². The molecular formula is C14H15FN2O3S. The fourth-order valence-electron chi connectivity index (χ4n) is 2.57. The van der Waals surface area contributed by atoms with E-state index in [9.17, 15) is 9.18 Å². The van der Waals surface area contributed by atoms with Gasteiger partial charge in [0.1, 0.15) is 5.82 Å². The number of imidazole rings is 1. The molecule has 1 aromatic carbocycles. The third kappa shape index (κ3) is 2.75. The lowest BCUT2D eigenvalue weighted by molar-refractivity contribution is -0.133. The Bertz CT molecular complexity index is 682. The summed E-state index contributed by atoms with van der Waals surface area (Å²) in [5, 5.41) is 9.46. The van der Waals surface area contributed by atoms with Gasteiger partial charge in [-0.2, -0.15) is 0 Å². The molecule has 1 aliphatic rings. The maximum atomic E-state index is 13.3. The van der Waals surface area contributed by atoms with E-state index in [1.54, 1.807) is 13.2 Å². The molecule has 1 heterocycles. The fraction of sp³-hybridized carbons (Fsp3) is 0.429. The number of aromatic nitrogens is 2. The van der Waals surface area contributed by atoms with E-state index in [0.29, 0.717) is 10.7 Å². The third-order valence-corrected chi connectivity index (χ3v) is 4.65. The molecule has 7 heteroatoms. The predicted octanol–water partition coefficient (Wildman–Crippen LogP) is 2.70. The summed E-state index contributed by atoms with van der Waals surface area (Å²) in [6, 6.07) is 4.70. The summed E-state index contributed by atoms with van der Waals surface area (Å²) >= 11 is 1.16. The van der Waals surface area contributed by atoms with Crippen LogP contribution in [-0.4, -0.2) is 39.6 Å². The molecule has 5 nitrogen and oxygen atoms in total. The van der Waals surface area contributed by atoms with Gasteiger partial charge in [-0.1, -0.05) is 11.8 Å². The van der Waals surface area contributed by atoms with Gasteiger partial charge in [0.15, 0.2) is 5.16 Å². The van der Waals surface area contributed by atoms with E-state index in [0.717, 1.165) is 30.1 Å². The van der Waals surface area contributed by atoms with E-state index >= 15 is 0 Å². The number of benzene rings is 1. The zero-order valence-electron chi connectivity index (χ0n) is 11.5. The van der Waals surface area contributed by atoms with Crippen molar-refractivity contribution in [2.75, 3.05) is 12.9 Å². The first-order valence-electron chi connectivity index (χ1n) is 6.63. The number of thioether (sulfide) groups is 1. The second-order valence-corrected chi connectivity index (χ2v) is 6.01. The van der Waals surface area contributed by atoms with Crippen LogP contribution in [0.4, 0.5) is 4.39 Å². The minimum absolute atomic E-state index is 0.0633. The highest BCUT2D eigenvalue weighted by Crippen LogP contribution is 2.39. The zero-order chi connectivity index (χ0) is 15.0. The molecule has 1 aromatic heterocycles. The van der Waals surface area contributed by atoms with Crippen molar-refractivity contribution in [2.24, 2.45) is 0 Å². The van der Waals surface area contributed by atoms with Gasteiger partial charge < -0.3 is 14.4 Å². The molecule has 0 radical (unpaired) electrons. The van der Waals surface area contributed by atoms with Gasteiger partial charge in [-0.05, 0) is 25.0 Å². The average Bonchev–Trinajstić information content (AvgIpc) is 2.73. The van der Waals surface area contributed by atoms with Crippen LogP contribution in [0.2, 0.25) is 0 Å². The topological polar surface area (TPSA) is 64.3 Å². The van der Waals surface area contributed by atoms with Crippen LogP contribution in [0.1, 0.15) is 18.9 Å². The third-order valence-electron chi connectivity index (χ3n) is 3.71. The Balaban J connectivity index is 1.97. The number of hydrogen-bond donors (Lipinski definition) is 1. The summed E-state index contributed by atoms with van der Waals surface area (Å²) in [5.74, 6) is -1.30. The molecule has 0 atom stereocenters. The first kappa shape index (κ1) is 14.3. The summed E-state index contributed by atoms with van der Waals surface area (Å²) in [7, 11) is 1.68. The summed E-state index contributed by atoms with van der Waals surface area (Å²) in [4.78, 5) is 15.1. The summed E-state index contributed by atoms with van der Waals surface area (Å²) in [6.45, 7) is 0. The first-order valence-corrected chi connectivity index (χ1v) is 7.62. The Morgan fingerprint density at radius 1 is 1.57 bits per heavy atom. The molecule has 0 saturated heterocycles. The lowest BCUT2D eigenvalue weighted by atomic mass is 9.89. The number of aliphatic carboxylic acids is 1. The van der Waals surface area contributed by atoms with Crippen molar-refractivity contribution < 1.29 is 19.0 Å². The van der Waals surface area contributed by atoms with Crippen molar-refractivity contribution in [1.29, 1.82) is 0 Å². The van der Waals surface area contributed by atoms with E-state index in [1.165, 1.54) is 12.1 Å². The van der Waals surface area contributed by atoms with Crippen LogP contribution < -0.4 is 0 Å². The molecule has 0 amide bonds. The molecule has 3 rings (SSSR count). The molecule has 0 unspecified atom stereocenters. The highest BCUT2D eigenvalue weighted by Gasteiger charge is 2.33. The van der Waals surface area contributed by atoms with Gasteiger partial charge in [0.2, 0.25) is 0 Å². The Morgan fingerprint density at radius 3 is 3.00 bits per heavy atom. The lowest BCUT2D eigenvalue weighted by Crippen LogP contribution is -2.32. The molecule has 1 aliphatic carbocycles. The van der Waals surface area contributed by atoms with Crippen LogP contribution in [0.15, 0.2) is 23.4 Å². The normalized spacial score (nSPS) is 21.4. The Hall–Kier alpha value is -1.60. The number of hydrogen-bond acceptors (Lipinski definition) is 4. The van der Waals surface area contributed by atoms with Crippen LogP contribution in [-0.2, 0) is 9.53 Å². The van der Waals surface area contributed by atoms with E-state index in [1.807, 2.05) is 4.57 Å². The molecule has 2 aromatic rings. The van der Waals surface area contributed by atoms with Gasteiger partial charge in [-0.25, -0.2) is 9.37 Å². The quantitative estimate of drug-likeness (QED) is 0.860. The predicted molar refractivity (Wildman–Crippen MR) is 77.1 cm³/mol. The van der Waals surface area contributed by atoms with Crippen LogP contribution >= 0.6 is 11.8 Å². The second-order valence-electron chi connectivity index (χ2n) is 5.06. The Morgan fingerprint density at radius 2 is 2.33 bits per heavy atom. The van der Waals surface area contributed by atoms with Gasteiger partial charge in [-0.3, -0.25) is 4.79 Å². The molecular weight excluding hydrogens is 295 g/mol. The van der Waals surface area contributed by atoms with Crippen LogP contribution in [0, 0.1) is 5.82 Å². The smallest absolute Gasteiger partial charge is 0.313 e. The monoisotopic (exact) mass is 310 g/mol. The van der Waals surface area contributed by atoms with E-state index in [2.05, 4.69) is 4.98 Å². The van der Waals surface area contributed by atoms with Crippen molar-refractivity contribution in [3.63, 3.8) is 0 Å². The van der Waals surface area contributed by atoms with Crippen LogP contribution in [0.5, 0.6) is 0 Å². The van der Waals surface area contributed by atoms with E-state index in [4.69, 9.17) is 9.84 Å². The maximum Gasteiger partial charge on any atom is 0.313 e. The summed E-state index contributed by atoms with van der Waals surface area (Å²) < 4.78 is 20.6. The molecule has 1 N–H and O–H groups in total. The number of methoxy groups -OCH3 is 1. The van der Waals surface area contributed by atoms with Crippen molar-refractivity contribution in [3.05, 3.63) is 24.0 Å². The number of ether oxygens (including phenoxy) is 1. The van der Waals surface area contributed by atoms with Crippen molar-refractivity contribution >= 4 is 28.8 Å². The Labute approximate surface area is 125 Å². The number of nitrogens with zero attached hydrogens (tertiary/aromatic N) is 2. The van der Waals surface area contributed by atoms with Gasteiger partial charge in [-0.15, -0.1) is 0 Å². The molecule has 112 valence electrons. The number of carboxylic acid groups (broad SMARTS) is 1. The zero-order valence-corrected chi connectivity index (χ0v) is 12.3. The molecule has 1 saturated carbocycles. The van der Waals surface area contributed by atoms with Gasteiger partial charge in [0.05, 0.1) is 22.9 Å². The first-order chi connectivity index (χ1) is 10.1. The minimum atomic E-state index is -0.895. The molecule has 21 heavy (non-hydrogen) atoms.